The molecule has 1 amide bonds. The van der Waals surface area contributed by atoms with E-state index >= 15 is 0 Å². The molecule has 2 aliphatic heterocycles. The number of carbonyl (C=O) groups excluding carboxylic acids is 1. The number of piperazine rings is 1. The number of likely N-dealkylation sites (N-methyl/N-ethyl adjacent to an activating group) is 1. The van der Waals surface area contributed by atoms with E-state index in [9.17, 15) is 4.79 Å². The molecular weight excluding hydrogens is 344 g/mol. The highest BCUT2D eigenvalue weighted by atomic mass is 16.6. The number of guanidine groups is 1. The fourth-order valence-electron chi connectivity index (χ4n) is 3.55. The summed E-state index contributed by atoms with van der Waals surface area (Å²) in [6.45, 7) is 10.6. The largest absolute Gasteiger partial charge is 0.450 e. The highest BCUT2D eigenvalue weighted by molar-refractivity contribution is 5.80. The van der Waals surface area contributed by atoms with Gasteiger partial charge in [0, 0.05) is 58.9 Å². The molecule has 0 aliphatic carbocycles. The van der Waals surface area contributed by atoms with Crippen LogP contribution in [0.15, 0.2) is 4.99 Å². The van der Waals surface area contributed by atoms with E-state index in [-0.39, 0.29) is 6.09 Å². The Balaban J connectivity index is 1.55. The van der Waals surface area contributed by atoms with Crippen molar-refractivity contribution in [2.45, 2.75) is 38.6 Å². The van der Waals surface area contributed by atoms with Crippen LogP contribution >= 0.6 is 0 Å². The molecule has 2 rings (SSSR count). The van der Waals surface area contributed by atoms with Gasteiger partial charge in [-0.05, 0) is 46.2 Å². The molecule has 2 N–H and O–H groups in total. The van der Waals surface area contributed by atoms with Crippen molar-refractivity contribution < 1.29 is 9.53 Å². The Hall–Kier alpha value is -1.54. The minimum atomic E-state index is -0.196. The van der Waals surface area contributed by atoms with Gasteiger partial charge in [-0.25, -0.2) is 4.79 Å². The molecule has 0 aromatic rings. The van der Waals surface area contributed by atoms with E-state index in [2.05, 4.69) is 32.5 Å². The molecule has 0 spiro atoms. The monoisotopic (exact) mass is 382 g/mol. The van der Waals surface area contributed by atoms with E-state index in [4.69, 9.17) is 4.74 Å². The number of piperidine rings is 1. The van der Waals surface area contributed by atoms with Crippen molar-refractivity contribution in [3.05, 3.63) is 0 Å². The molecule has 8 heteroatoms. The van der Waals surface area contributed by atoms with Gasteiger partial charge in [-0.2, -0.15) is 0 Å². The molecule has 2 heterocycles. The van der Waals surface area contributed by atoms with Crippen LogP contribution in [-0.4, -0.2) is 106 Å². The van der Waals surface area contributed by atoms with Crippen molar-refractivity contribution in [2.24, 2.45) is 4.99 Å². The highest BCUT2D eigenvalue weighted by Crippen LogP contribution is 2.11. The summed E-state index contributed by atoms with van der Waals surface area (Å²) in [6, 6.07) is 0.354. The van der Waals surface area contributed by atoms with E-state index in [1.54, 1.807) is 4.90 Å². The van der Waals surface area contributed by atoms with Gasteiger partial charge >= 0.3 is 6.09 Å². The van der Waals surface area contributed by atoms with E-state index in [1.165, 1.54) is 39.1 Å². The minimum Gasteiger partial charge on any atom is -0.450 e. The van der Waals surface area contributed by atoms with Gasteiger partial charge in [0.1, 0.15) is 0 Å². The molecule has 0 aromatic heterocycles. The molecule has 0 saturated carbocycles. The van der Waals surface area contributed by atoms with E-state index in [0.29, 0.717) is 12.6 Å². The number of nitrogens with zero attached hydrogens (tertiary/aromatic N) is 4. The van der Waals surface area contributed by atoms with Crippen LogP contribution in [0.1, 0.15) is 32.6 Å². The zero-order chi connectivity index (χ0) is 19.5. The van der Waals surface area contributed by atoms with Crippen molar-refractivity contribution in [1.82, 2.24) is 25.3 Å². The van der Waals surface area contributed by atoms with Gasteiger partial charge < -0.3 is 30.1 Å². The fourth-order valence-corrected chi connectivity index (χ4v) is 3.55. The Morgan fingerprint density at radius 1 is 1.11 bits per heavy atom. The number of rotatable bonds is 7. The second kappa shape index (κ2) is 12.0. The summed E-state index contributed by atoms with van der Waals surface area (Å²) >= 11 is 0. The molecule has 156 valence electrons. The number of amides is 1. The third-order valence-corrected chi connectivity index (χ3v) is 5.37. The quantitative estimate of drug-likeness (QED) is 0.386. The molecule has 2 saturated heterocycles. The van der Waals surface area contributed by atoms with Crippen LogP contribution < -0.4 is 10.6 Å². The maximum atomic E-state index is 11.8. The number of hydrogen-bond acceptors (Lipinski definition) is 5. The summed E-state index contributed by atoms with van der Waals surface area (Å²) in [5, 5.41) is 6.91. The molecule has 8 nitrogen and oxygen atoms in total. The Labute approximate surface area is 164 Å². The molecule has 27 heavy (non-hydrogen) atoms. The zero-order valence-corrected chi connectivity index (χ0v) is 17.4. The number of hydrogen-bond donors (Lipinski definition) is 2. The van der Waals surface area contributed by atoms with Gasteiger partial charge in [-0.15, -0.1) is 0 Å². The molecule has 0 aromatic carbocycles. The van der Waals surface area contributed by atoms with Crippen LogP contribution in [0, 0.1) is 0 Å². The average molecular weight is 383 g/mol. The molecule has 2 aliphatic rings. The van der Waals surface area contributed by atoms with Crippen LogP contribution in [0.5, 0.6) is 0 Å². The van der Waals surface area contributed by atoms with Crippen molar-refractivity contribution in [1.29, 1.82) is 0 Å². The lowest BCUT2D eigenvalue weighted by Gasteiger charge is -2.32. The lowest BCUT2D eigenvalue weighted by atomic mass is 10.1. The second-order valence-electron chi connectivity index (χ2n) is 7.46. The van der Waals surface area contributed by atoms with E-state index < -0.39 is 0 Å². The van der Waals surface area contributed by atoms with Crippen molar-refractivity contribution in [3.63, 3.8) is 0 Å². The van der Waals surface area contributed by atoms with Crippen LogP contribution in [0.2, 0.25) is 0 Å². The summed E-state index contributed by atoms with van der Waals surface area (Å²) in [5.41, 5.74) is 0. The third-order valence-electron chi connectivity index (χ3n) is 5.37. The van der Waals surface area contributed by atoms with Crippen molar-refractivity contribution in [2.75, 3.05) is 73.1 Å². The predicted molar refractivity (Wildman–Crippen MR) is 109 cm³/mol. The van der Waals surface area contributed by atoms with Crippen LogP contribution in [-0.2, 0) is 4.74 Å². The van der Waals surface area contributed by atoms with Crippen molar-refractivity contribution >= 4 is 12.1 Å². The Kier molecular flexibility index (Phi) is 9.69. The maximum absolute atomic E-state index is 11.8. The summed E-state index contributed by atoms with van der Waals surface area (Å²) in [4.78, 5) is 22.8. The van der Waals surface area contributed by atoms with E-state index in [0.717, 1.165) is 44.9 Å². The fraction of sp³-hybridized carbons (Fsp3) is 0.895. The second-order valence-corrected chi connectivity index (χ2v) is 7.46. The van der Waals surface area contributed by atoms with Gasteiger partial charge in [-0.3, -0.25) is 4.99 Å². The molecular formula is C19H38N6O2. The number of likely N-dealkylation sites (tertiary alicyclic amines) is 1. The standard InChI is InChI=1S/C19H38N6O2/c1-4-27-19(26)25-11-7-17(8-12-25)22-18(20-2)21-9-5-6-10-24-15-13-23(3)14-16-24/h17H,4-16H2,1-3H3,(H2,20,21,22). The van der Waals surface area contributed by atoms with Crippen LogP contribution in [0.3, 0.4) is 0 Å². The minimum absolute atomic E-state index is 0.196. The number of unbranched alkanes of at least 4 members (excludes halogenated alkanes) is 1. The van der Waals surface area contributed by atoms with Crippen molar-refractivity contribution in [3.8, 4) is 0 Å². The lowest BCUT2D eigenvalue weighted by molar-refractivity contribution is 0.0963. The zero-order valence-electron chi connectivity index (χ0n) is 17.4. The number of nitrogens with one attached hydrogen (secondary N) is 2. The Bertz CT molecular complexity index is 457. The molecule has 0 unspecified atom stereocenters. The van der Waals surface area contributed by atoms with Gasteiger partial charge in [0.15, 0.2) is 5.96 Å². The molecule has 0 bridgehead atoms. The van der Waals surface area contributed by atoms with Gasteiger partial charge in [0.25, 0.3) is 0 Å². The number of aliphatic imine (C=N–C) groups is 1. The lowest BCUT2D eigenvalue weighted by Crippen LogP contribution is -2.50. The topological polar surface area (TPSA) is 72.4 Å². The highest BCUT2D eigenvalue weighted by Gasteiger charge is 2.24. The number of ether oxygens (including phenoxy) is 1. The summed E-state index contributed by atoms with van der Waals surface area (Å²) in [7, 11) is 4.01. The first-order valence-electron chi connectivity index (χ1n) is 10.4. The third kappa shape index (κ3) is 7.92. The first-order chi connectivity index (χ1) is 13.1. The molecule has 0 atom stereocenters. The van der Waals surface area contributed by atoms with Gasteiger partial charge in [0.05, 0.1) is 6.61 Å². The first kappa shape index (κ1) is 21.8. The summed E-state index contributed by atoms with van der Waals surface area (Å²) in [5.74, 6) is 0.865. The van der Waals surface area contributed by atoms with Crippen LogP contribution in [0.4, 0.5) is 4.79 Å². The first-order valence-corrected chi connectivity index (χ1v) is 10.4. The number of carbonyl (C=O) groups is 1. The van der Waals surface area contributed by atoms with Crippen LogP contribution in [0.25, 0.3) is 0 Å². The van der Waals surface area contributed by atoms with Gasteiger partial charge in [-0.1, -0.05) is 0 Å². The SMILES string of the molecule is CCOC(=O)N1CCC(NC(=NC)NCCCCN2CCN(C)CC2)CC1. The summed E-state index contributed by atoms with van der Waals surface area (Å²) < 4.78 is 5.07. The average Bonchev–Trinajstić information content (AvgIpc) is 2.69. The maximum Gasteiger partial charge on any atom is 0.409 e. The Morgan fingerprint density at radius 3 is 2.44 bits per heavy atom. The predicted octanol–water partition coefficient (Wildman–Crippen LogP) is 0.800. The Morgan fingerprint density at radius 2 is 1.81 bits per heavy atom. The summed E-state index contributed by atoms with van der Waals surface area (Å²) in [6.07, 6.45) is 4.00. The van der Waals surface area contributed by atoms with E-state index in [1.807, 2.05) is 14.0 Å². The van der Waals surface area contributed by atoms with Gasteiger partial charge in [0.2, 0.25) is 0 Å². The normalized spacial score (nSPS) is 20.6. The molecule has 0 radical (unpaired) electrons. The molecule has 2 fully saturated rings. The smallest absolute Gasteiger partial charge is 0.409 e.